The molecule has 0 bridgehead atoms. The molecule has 0 saturated heterocycles. The number of methoxy groups -OCH3 is 2. The van der Waals surface area contributed by atoms with Crippen LogP contribution >= 0.6 is 0 Å². The molecule has 1 aromatic carbocycles. The van der Waals surface area contributed by atoms with Crippen LogP contribution in [-0.2, 0) is 6.54 Å². The number of benzene rings is 1. The fraction of sp³-hybridized carbons (Fsp3) is 0.294. The largest absolute Gasteiger partial charge is 0.497 e. The van der Waals surface area contributed by atoms with E-state index in [0.29, 0.717) is 23.6 Å². The molecule has 136 valence electrons. The maximum absolute atomic E-state index is 12.3. The number of carbonyl (C=O) groups is 1. The monoisotopic (exact) mass is 357 g/mol. The Balaban J connectivity index is 1.80. The van der Waals surface area contributed by atoms with Crippen molar-refractivity contribution in [1.29, 1.82) is 0 Å². The number of aryl methyl sites for hydroxylation is 2. The van der Waals surface area contributed by atoms with Crippen molar-refractivity contribution >= 4 is 11.9 Å². The normalized spacial score (nSPS) is 10.6. The molecule has 0 saturated carbocycles. The van der Waals surface area contributed by atoms with Gasteiger partial charge < -0.3 is 13.9 Å². The van der Waals surface area contributed by atoms with E-state index in [1.165, 1.54) is 7.11 Å². The van der Waals surface area contributed by atoms with Crippen LogP contribution in [0.25, 0.3) is 11.5 Å². The highest BCUT2D eigenvalue weighted by Crippen LogP contribution is 2.33. The van der Waals surface area contributed by atoms with E-state index in [-0.39, 0.29) is 17.6 Å². The summed E-state index contributed by atoms with van der Waals surface area (Å²) in [6.07, 6.45) is 0. The molecule has 0 aliphatic carbocycles. The van der Waals surface area contributed by atoms with Crippen molar-refractivity contribution in [2.24, 2.45) is 0 Å². The Hall–Kier alpha value is -3.36. The lowest BCUT2D eigenvalue weighted by Crippen LogP contribution is -2.13. The minimum atomic E-state index is -0.419. The first kappa shape index (κ1) is 17.5. The molecule has 0 atom stereocenters. The predicted molar refractivity (Wildman–Crippen MR) is 93.4 cm³/mol. The average molecular weight is 357 g/mol. The standard InChI is InChI=1S/C17H19N5O4/c1-5-22-10(2)8-13(21-22)15(23)18-17-20-19-16(26-17)12-7-6-11(24-3)9-14(12)25-4/h6-9H,5H2,1-4H3,(H,18,20,23). The van der Waals surface area contributed by atoms with Crippen LogP contribution in [0.2, 0.25) is 0 Å². The zero-order valence-corrected chi connectivity index (χ0v) is 14.9. The maximum atomic E-state index is 12.3. The molecular weight excluding hydrogens is 338 g/mol. The first-order chi connectivity index (χ1) is 12.5. The third kappa shape index (κ3) is 3.37. The van der Waals surface area contributed by atoms with Crippen LogP contribution in [-0.4, -0.2) is 40.1 Å². The smallest absolute Gasteiger partial charge is 0.322 e. The molecule has 0 spiro atoms. The summed E-state index contributed by atoms with van der Waals surface area (Å²) >= 11 is 0. The summed E-state index contributed by atoms with van der Waals surface area (Å²) in [5.74, 6) is 0.955. The van der Waals surface area contributed by atoms with Gasteiger partial charge in [-0.3, -0.25) is 14.8 Å². The minimum Gasteiger partial charge on any atom is -0.497 e. The highest BCUT2D eigenvalue weighted by Gasteiger charge is 2.18. The van der Waals surface area contributed by atoms with Crippen LogP contribution < -0.4 is 14.8 Å². The molecule has 2 aromatic heterocycles. The van der Waals surface area contributed by atoms with Gasteiger partial charge in [0.25, 0.3) is 11.8 Å². The second kappa shape index (κ2) is 7.26. The molecule has 0 aliphatic rings. The highest BCUT2D eigenvalue weighted by molar-refractivity contribution is 6.01. The number of amides is 1. The molecule has 2 heterocycles. The second-order valence-electron chi connectivity index (χ2n) is 5.42. The first-order valence-electron chi connectivity index (χ1n) is 7.97. The quantitative estimate of drug-likeness (QED) is 0.723. The van der Waals surface area contributed by atoms with Crippen LogP contribution in [0.3, 0.4) is 0 Å². The molecule has 9 heteroatoms. The van der Waals surface area contributed by atoms with Gasteiger partial charge in [0.2, 0.25) is 0 Å². The fourth-order valence-electron chi connectivity index (χ4n) is 2.46. The average Bonchev–Trinajstić information content (AvgIpc) is 3.27. The summed E-state index contributed by atoms with van der Waals surface area (Å²) < 4.78 is 17.7. The molecule has 0 fully saturated rings. The number of nitrogens with one attached hydrogen (secondary N) is 1. The van der Waals surface area contributed by atoms with Gasteiger partial charge in [0, 0.05) is 18.3 Å². The van der Waals surface area contributed by atoms with Crippen molar-refractivity contribution in [3.8, 4) is 23.0 Å². The van der Waals surface area contributed by atoms with Gasteiger partial charge in [-0.25, -0.2) is 0 Å². The number of anilines is 1. The Morgan fingerprint density at radius 1 is 1.23 bits per heavy atom. The van der Waals surface area contributed by atoms with Gasteiger partial charge >= 0.3 is 6.01 Å². The van der Waals surface area contributed by atoms with Crippen LogP contribution in [0.5, 0.6) is 11.5 Å². The SMILES string of the molecule is CCn1nc(C(=O)Nc2nnc(-c3ccc(OC)cc3OC)o2)cc1C. The molecule has 26 heavy (non-hydrogen) atoms. The van der Waals surface area contributed by atoms with E-state index < -0.39 is 5.91 Å². The van der Waals surface area contributed by atoms with Crippen LogP contribution in [0.4, 0.5) is 6.01 Å². The molecular formula is C17H19N5O4. The van der Waals surface area contributed by atoms with E-state index in [2.05, 4.69) is 20.6 Å². The number of carbonyl (C=O) groups excluding carboxylic acids is 1. The van der Waals surface area contributed by atoms with Gasteiger partial charge in [-0.05, 0) is 32.0 Å². The minimum absolute atomic E-state index is 0.0217. The maximum Gasteiger partial charge on any atom is 0.322 e. The van der Waals surface area contributed by atoms with Gasteiger partial charge in [-0.2, -0.15) is 5.10 Å². The Morgan fingerprint density at radius 2 is 2.04 bits per heavy atom. The van der Waals surface area contributed by atoms with Crippen molar-refractivity contribution < 1.29 is 18.7 Å². The van der Waals surface area contributed by atoms with Gasteiger partial charge in [-0.15, -0.1) is 5.10 Å². The molecule has 9 nitrogen and oxygen atoms in total. The molecule has 0 radical (unpaired) electrons. The van der Waals surface area contributed by atoms with Crippen LogP contribution in [0.1, 0.15) is 23.1 Å². The number of hydrogen-bond acceptors (Lipinski definition) is 7. The van der Waals surface area contributed by atoms with Crippen molar-refractivity contribution in [3.05, 3.63) is 35.7 Å². The van der Waals surface area contributed by atoms with E-state index in [1.807, 2.05) is 13.8 Å². The molecule has 3 aromatic rings. The lowest BCUT2D eigenvalue weighted by molar-refractivity contribution is 0.101. The molecule has 0 aliphatic heterocycles. The number of nitrogens with zero attached hydrogens (tertiary/aromatic N) is 4. The Labute approximate surface area is 149 Å². The Morgan fingerprint density at radius 3 is 2.69 bits per heavy atom. The number of rotatable bonds is 6. The fourth-order valence-corrected chi connectivity index (χ4v) is 2.46. The zero-order valence-electron chi connectivity index (χ0n) is 14.9. The number of ether oxygens (including phenoxy) is 2. The summed E-state index contributed by atoms with van der Waals surface area (Å²) in [4.78, 5) is 12.3. The number of aromatic nitrogens is 4. The lowest BCUT2D eigenvalue weighted by Gasteiger charge is -2.07. The molecule has 1 N–H and O–H groups in total. The second-order valence-corrected chi connectivity index (χ2v) is 5.42. The third-order valence-corrected chi connectivity index (χ3v) is 3.80. The third-order valence-electron chi connectivity index (χ3n) is 3.80. The summed E-state index contributed by atoms with van der Waals surface area (Å²) in [6, 6.07) is 6.87. The predicted octanol–water partition coefficient (Wildman–Crippen LogP) is 2.53. The lowest BCUT2D eigenvalue weighted by atomic mass is 10.2. The highest BCUT2D eigenvalue weighted by atomic mass is 16.5. The molecule has 3 rings (SSSR count). The van der Waals surface area contributed by atoms with E-state index in [4.69, 9.17) is 13.9 Å². The van der Waals surface area contributed by atoms with Gasteiger partial charge in [0.15, 0.2) is 5.69 Å². The van der Waals surface area contributed by atoms with E-state index in [1.54, 1.807) is 36.1 Å². The van der Waals surface area contributed by atoms with Crippen molar-refractivity contribution in [2.75, 3.05) is 19.5 Å². The van der Waals surface area contributed by atoms with E-state index in [9.17, 15) is 4.79 Å². The van der Waals surface area contributed by atoms with Crippen molar-refractivity contribution in [1.82, 2.24) is 20.0 Å². The molecule has 0 unspecified atom stereocenters. The topological polar surface area (TPSA) is 104 Å². The van der Waals surface area contributed by atoms with Gasteiger partial charge in [0.05, 0.1) is 19.8 Å². The van der Waals surface area contributed by atoms with Crippen molar-refractivity contribution in [3.63, 3.8) is 0 Å². The van der Waals surface area contributed by atoms with Crippen LogP contribution in [0, 0.1) is 6.92 Å². The first-order valence-corrected chi connectivity index (χ1v) is 7.97. The van der Waals surface area contributed by atoms with Gasteiger partial charge in [-0.1, -0.05) is 5.10 Å². The van der Waals surface area contributed by atoms with Crippen LogP contribution in [0.15, 0.2) is 28.7 Å². The zero-order chi connectivity index (χ0) is 18.7. The van der Waals surface area contributed by atoms with E-state index >= 15 is 0 Å². The van der Waals surface area contributed by atoms with Gasteiger partial charge in [0.1, 0.15) is 11.5 Å². The van der Waals surface area contributed by atoms with Crippen molar-refractivity contribution in [2.45, 2.75) is 20.4 Å². The Bertz CT molecular complexity index is 931. The molecule has 1 amide bonds. The summed E-state index contributed by atoms with van der Waals surface area (Å²) in [5.41, 5.74) is 1.77. The summed E-state index contributed by atoms with van der Waals surface area (Å²) in [6.45, 7) is 4.52. The summed E-state index contributed by atoms with van der Waals surface area (Å²) in [7, 11) is 3.10. The van der Waals surface area contributed by atoms with E-state index in [0.717, 1.165) is 5.69 Å². The Kier molecular flexibility index (Phi) is 4.87. The number of hydrogen-bond donors (Lipinski definition) is 1. The summed E-state index contributed by atoms with van der Waals surface area (Å²) in [5, 5.41) is 14.6.